The molecular formula is C15H23NO3. The molecule has 0 aliphatic rings. The highest BCUT2D eigenvalue weighted by molar-refractivity contribution is 6.00. The monoisotopic (exact) mass is 265 g/mol. The largest absolute Gasteiger partial charge is 0.490 e. The first-order valence-corrected chi connectivity index (χ1v) is 6.43. The minimum atomic E-state index is -0.0818. The molecule has 0 radical (unpaired) electrons. The Balaban J connectivity index is 2.68. The molecule has 0 amide bonds. The lowest BCUT2D eigenvalue weighted by molar-refractivity contribution is 0.0974. The van der Waals surface area contributed by atoms with Gasteiger partial charge in [0.05, 0.1) is 18.7 Å². The summed E-state index contributed by atoms with van der Waals surface area (Å²) >= 11 is 0. The molecule has 106 valence electrons. The normalized spacial score (nSPS) is 11.4. The van der Waals surface area contributed by atoms with Gasteiger partial charge in [-0.2, -0.15) is 0 Å². The number of ether oxygens (including phenoxy) is 2. The molecule has 4 nitrogen and oxygen atoms in total. The van der Waals surface area contributed by atoms with E-state index in [1.165, 1.54) is 0 Å². The molecular weight excluding hydrogens is 242 g/mol. The molecule has 0 saturated heterocycles. The van der Waals surface area contributed by atoms with E-state index >= 15 is 0 Å². The lowest BCUT2D eigenvalue weighted by Gasteiger charge is -2.20. The van der Waals surface area contributed by atoms with Crippen LogP contribution in [0, 0.1) is 0 Å². The Bertz CT molecular complexity index is 410. The van der Waals surface area contributed by atoms with E-state index in [1.54, 1.807) is 19.2 Å². The Morgan fingerprint density at radius 3 is 2.53 bits per heavy atom. The fourth-order valence-electron chi connectivity index (χ4n) is 1.50. The van der Waals surface area contributed by atoms with Gasteiger partial charge < -0.3 is 14.8 Å². The number of benzene rings is 1. The summed E-state index contributed by atoms with van der Waals surface area (Å²) in [7, 11) is 1.62. The third-order valence-corrected chi connectivity index (χ3v) is 2.51. The summed E-state index contributed by atoms with van der Waals surface area (Å²) in [6.07, 6.45) is 0. The van der Waals surface area contributed by atoms with E-state index in [4.69, 9.17) is 9.47 Å². The van der Waals surface area contributed by atoms with E-state index < -0.39 is 0 Å². The molecule has 0 unspecified atom stereocenters. The average molecular weight is 265 g/mol. The van der Waals surface area contributed by atoms with Crippen LogP contribution in [-0.4, -0.2) is 38.2 Å². The van der Waals surface area contributed by atoms with Gasteiger partial charge in [-0.15, -0.1) is 0 Å². The van der Waals surface area contributed by atoms with E-state index in [-0.39, 0.29) is 11.3 Å². The van der Waals surface area contributed by atoms with Crippen molar-refractivity contribution in [1.29, 1.82) is 0 Å². The van der Waals surface area contributed by atoms with Crippen LogP contribution < -0.4 is 10.1 Å². The highest BCUT2D eigenvalue weighted by Gasteiger charge is 2.15. The second-order valence-corrected chi connectivity index (χ2v) is 5.36. The lowest BCUT2D eigenvalue weighted by Crippen LogP contribution is -2.39. The average Bonchev–Trinajstić information content (AvgIpc) is 2.36. The van der Waals surface area contributed by atoms with Crippen LogP contribution in [0.1, 0.15) is 31.1 Å². The van der Waals surface area contributed by atoms with Gasteiger partial charge in [0.15, 0.2) is 5.78 Å². The molecule has 0 saturated carbocycles. The molecule has 0 aliphatic carbocycles. The Hall–Kier alpha value is -1.39. The number of ketones is 1. The van der Waals surface area contributed by atoms with E-state index in [0.717, 1.165) is 0 Å². The Kier molecular flexibility index (Phi) is 5.99. The van der Waals surface area contributed by atoms with Gasteiger partial charge >= 0.3 is 0 Å². The van der Waals surface area contributed by atoms with Gasteiger partial charge in [0.2, 0.25) is 0 Å². The van der Waals surface area contributed by atoms with E-state index in [2.05, 4.69) is 5.32 Å². The molecule has 1 aromatic rings. The van der Waals surface area contributed by atoms with Gasteiger partial charge in [0.1, 0.15) is 12.4 Å². The zero-order chi connectivity index (χ0) is 14.3. The van der Waals surface area contributed by atoms with Crippen LogP contribution in [0.25, 0.3) is 0 Å². The van der Waals surface area contributed by atoms with Gasteiger partial charge in [-0.3, -0.25) is 4.79 Å². The van der Waals surface area contributed by atoms with Crippen molar-refractivity contribution in [2.24, 2.45) is 0 Å². The number of hydrogen-bond acceptors (Lipinski definition) is 4. The fraction of sp³-hybridized carbons (Fsp3) is 0.533. The van der Waals surface area contributed by atoms with Crippen LogP contribution in [0.3, 0.4) is 0 Å². The van der Waals surface area contributed by atoms with Crippen LogP contribution in [0.5, 0.6) is 5.75 Å². The molecule has 19 heavy (non-hydrogen) atoms. The van der Waals surface area contributed by atoms with Crippen molar-refractivity contribution < 1.29 is 14.3 Å². The molecule has 0 fully saturated rings. The van der Waals surface area contributed by atoms with Crippen molar-refractivity contribution in [3.8, 4) is 5.75 Å². The lowest BCUT2D eigenvalue weighted by atomic mass is 10.1. The molecule has 0 spiro atoms. The summed E-state index contributed by atoms with van der Waals surface area (Å²) in [5.74, 6) is 0.642. The molecule has 4 heteroatoms. The van der Waals surface area contributed by atoms with Crippen molar-refractivity contribution >= 4 is 5.78 Å². The highest BCUT2D eigenvalue weighted by Crippen LogP contribution is 2.18. The van der Waals surface area contributed by atoms with Crippen LogP contribution >= 0.6 is 0 Å². The van der Waals surface area contributed by atoms with E-state index in [0.29, 0.717) is 31.1 Å². The second kappa shape index (κ2) is 7.26. The summed E-state index contributed by atoms with van der Waals surface area (Å²) in [5.41, 5.74) is 0.525. The Labute approximate surface area is 115 Å². The number of methoxy groups -OCH3 is 1. The molecule has 0 bridgehead atoms. The van der Waals surface area contributed by atoms with Crippen LogP contribution in [0.4, 0.5) is 0 Å². The van der Waals surface area contributed by atoms with Crippen molar-refractivity contribution in [3.05, 3.63) is 29.8 Å². The second-order valence-electron chi connectivity index (χ2n) is 5.36. The van der Waals surface area contributed by atoms with Crippen molar-refractivity contribution in [2.45, 2.75) is 26.3 Å². The van der Waals surface area contributed by atoms with Crippen LogP contribution in [-0.2, 0) is 4.74 Å². The number of carbonyl (C=O) groups excluding carboxylic acids is 1. The molecule has 0 aliphatic heterocycles. The SMILES string of the molecule is COCCOc1ccccc1C(=O)CNC(C)(C)C. The van der Waals surface area contributed by atoms with Crippen molar-refractivity contribution in [2.75, 3.05) is 26.9 Å². The maximum Gasteiger partial charge on any atom is 0.180 e. The van der Waals surface area contributed by atoms with E-state index in [9.17, 15) is 4.79 Å². The summed E-state index contributed by atoms with van der Waals surface area (Å²) in [4.78, 5) is 12.2. The zero-order valence-corrected chi connectivity index (χ0v) is 12.2. The molecule has 1 aromatic carbocycles. The van der Waals surface area contributed by atoms with Crippen LogP contribution in [0.15, 0.2) is 24.3 Å². The summed E-state index contributed by atoms with van der Waals surface area (Å²) in [5, 5.41) is 3.18. The minimum absolute atomic E-state index is 0.0305. The first kappa shape index (κ1) is 15.7. The standard InChI is InChI=1S/C15H23NO3/c1-15(2,3)16-11-13(17)12-7-5-6-8-14(12)19-10-9-18-4/h5-8,16H,9-11H2,1-4H3. The number of hydrogen-bond donors (Lipinski definition) is 1. The van der Waals surface area contributed by atoms with Gasteiger partial charge in [0.25, 0.3) is 0 Å². The first-order valence-electron chi connectivity index (χ1n) is 6.43. The van der Waals surface area contributed by atoms with Gasteiger partial charge in [-0.1, -0.05) is 12.1 Å². The number of para-hydroxylation sites is 1. The predicted octanol–water partition coefficient (Wildman–Crippen LogP) is 2.28. The van der Waals surface area contributed by atoms with Crippen molar-refractivity contribution in [3.63, 3.8) is 0 Å². The third kappa shape index (κ3) is 5.85. The van der Waals surface area contributed by atoms with Gasteiger partial charge in [-0.25, -0.2) is 0 Å². The summed E-state index contributed by atoms with van der Waals surface area (Å²) in [6, 6.07) is 7.29. The van der Waals surface area contributed by atoms with Crippen molar-refractivity contribution in [1.82, 2.24) is 5.32 Å². The molecule has 0 atom stereocenters. The molecule has 0 heterocycles. The molecule has 0 aromatic heterocycles. The summed E-state index contributed by atoms with van der Waals surface area (Å²) < 4.78 is 10.5. The van der Waals surface area contributed by atoms with Crippen LogP contribution in [0.2, 0.25) is 0 Å². The fourth-order valence-corrected chi connectivity index (χ4v) is 1.50. The van der Waals surface area contributed by atoms with E-state index in [1.807, 2.05) is 32.9 Å². The topological polar surface area (TPSA) is 47.6 Å². The molecule has 1 rings (SSSR count). The number of carbonyl (C=O) groups is 1. The maximum absolute atomic E-state index is 12.2. The highest BCUT2D eigenvalue weighted by atomic mass is 16.5. The molecule has 1 N–H and O–H groups in total. The number of rotatable bonds is 7. The smallest absolute Gasteiger partial charge is 0.180 e. The summed E-state index contributed by atoms with van der Waals surface area (Å²) in [6.45, 7) is 7.33. The zero-order valence-electron chi connectivity index (χ0n) is 12.2. The first-order chi connectivity index (χ1) is 8.94. The Morgan fingerprint density at radius 2 is 1.89 bits per heavy atom. The quantitative estimate of drug-likeness (QED) is 0.607. The third-order valence-electron chi connectivity index (χ3n) is 2.51. The number of nitrogens with one attached hydrogen (secondary N) is 1. The van der Waals surface area contributed by atoms with Gasteiger partial charge in [-0.05, 0) is 32.9 Å². The Morgan fingerprint density at radius 1 is 1.21 bits per heavy atom. The number of Topliss-reactive ketones (excluding diaryl/α,β-unsaturated/α-hetero) is 1. The minimum Gasteiger partial charge on any atom is -0.490 e. The van der Waals surface area contributed by atoms with Gasteiger partial charge in [0, 0.05) is 12.6 Å². The maximum atomic E-state index is 12.2. The predicted molar refractivity (Wildman–Crippen MR) is 75.9 cm³/mol.